The van der Waals surface area contributed by atoms with Gasteiger partial charge in [-0.15, -0.1) is 0 Å². The molecular formula is C23H20ClFN6O3S3. The van der Waals surface area contributed by atoms with Gasteiger partial charge in [0.2, 0.25) is 0 Å². The molecule has 0 aliphatic heterocycles. The van der Waals surface area contributed by atoms with Crippen LogP contribution in [-0.2, 0) is 15.1 Å². The molecule has 2 aromatic carbocycles. The number of aliphatic carboxylic acids is 1. The molecular weight excluding hydrogens is 559 g/mol. The minimum atomic E-state index is -1.13. The second-order valence-electron chi connectivity index (χ2n) is 8.26. The summed E-state index contributed by atoms with van der Waals surface area (Å²) in [5.41, 5.74) is 0.538. The SMILES string of the molecule is CC(C)(C(=O)Nc1ccc2ncnc(Nc3ccc(F)c(Cl)c3)c2c1)n1nc(SCCC(=O)O)sc1=S. The Bertz CT molecular complexity index is 1560. The standard InChI is InChI=1S/C23H20ClFN6O3S3/c1-23(2,31-22(35)37-21(30-31)36-8-7-18(32)33)20(34)29-12-4-6-17-14(9-12)19(27-11-26-17)28-13-3-5-16(25)15(24)10-13/h3-6,9-11H,7-8H2,1-2H3,(H,29,34)(H,32,33)(H,26,27,28). The first-order valence-corrected chi connectivity index (χ1v) is 13.4. The molecule has 14 heteroatoms. The number of rotatable bonds is 9. The van der Waals surface area contributed by atoms with Crippen LogP contribution in [0.25, 0.3) is 10.9 Å². The molecule has 2 heterocycles. The van der Waals surface area contributed by atoms with E-state index in [0.29, 0.717) is 42.1 Å². The Labute approximate surface area is 229 Å². The Morgan fingerprint density at radius 2 is 1.97 bits per heavy atom. The second-order valence-corrected chi connectivity index (χ2v) is 11.6. The van der Waals surface area contributed by atoms with Crippen molar-refractivity contribution in [2.75, 3.05) is 16.4 Å². The number of benzene rings is 2. The number of amides is 1. The molecule has 37 heavy (non-hydrogen) atoms. The second kappa shape index (κ2) is 11.1. The number of nitrogens with one attached hydrogen (secondary N) is 2. The summed E-state index contributed by atoms with van der Waals surface area (Å²) in [5, 5.41) is 19.9. The summed E-state index contributed by atoms with van der Waals surface area (Å²) >= 11 is 13.8. The maximum absolute atomic E-state index is 13.5. The van der Waals surface area contributed by atoms with Crippen LogP contribution >= 0.6 is 46.9 Å². The zero-order valence-corrected chi connectivity index (χ0v) is 22.7. The molecule has 0 unspecified atom stereocenters. The highest BCUT2D eigenvalue weighted by molar-refractivity contribution is 8.01. The molecule has 9 nitrogen and oxygen atoms in total. The number of halogens is 2. The molecule has 0 bridgehead atoms. The fraction of sp³-hybridized carbons (Fsp3) is 0.217. The molecule has 192 valence electrons. The summed E-state index contributed by atoms with van der Waals surface area (Å²) in [7, 11) is 0. The van der Waals surface area contributed by atoms with Crippen molar-refractivity contribution >= 4 is 86.9 Å². The van der Waals surface area contributed by atoms with Crippen molar-refractivity contribution in [1.29, 1.82) is 0 Å². The van der Waals surface area contributed by atoms with Gasteiger partial charge in [-0.25, -0.2) is 19.0 Å². The molecule has 0 aliphatic rings. The normalized spacial score (nSPS) is 11.5. The van der Waals surface area contributed by atoms with E-state index >= 15 is 0 Å². The third kappa shape index (κ3) is 6.24. The summed E-state index contributed by atoms with van der Waals surface area (Å²) in [6, 6.07) is 9.43. The number of carboxylic acid groups (broad SMARTS) is 1. The van der Waals surface area contributed by atoms with E-state index in [4.69, 9.17) is 28.9 Å². The average Bonchev–Trinajstić information content (AvgIpc) is 3.22. The Hall–Kier alpha value is -3.13. The van der Waals surface area contributed by atoms with Crippen molar-refractivity contribution in [2.24, 2.45) is 0 Å². The summed E-state index contributed by atoms with van der Waals surface area (Å²) in [6.45, 7) is 3.39. The zero-order valence-electron chi connectivity index (χ0n) is 19.5. The van der Waals surface area contributed by atoms with Crippen molar-refractivity contribution in [3.8, 4) is 0 Å². The third-order valence-electron chi connectivity index (χ3n) is 5.23. The molecule has 4 aromatic rings. The van der Waals surface area contributed by atoms with Crippen LogP contribution in [0, 0.1) is 9.77 Å². The lowest BCUT2D eigenvalue weighted by Gasteiger charge is -2.24. The molecule has 0 saturated carbocycles. The Morgan fingerprint density at radius 1 is 1.22 bits per heavy atom. The monoisotopic (exact) mass is 578 g/mol. The van der Waals surface area contributed by atoms with Crippen LogP contribution in [0.4, 0.5) is 21.6 Å². The van der Waals surface area contributed by atoms with Gasteiger partial charge in [0.25, 0.3) is 5.91 Å². The van der Waals surface area contributed by atoms with Crippen LogP contribution in [0.3, 0.4) is 0 Å². The van der Waals surface area contributed by atoms with E-state index in [2.05, 4.69) is 25.7 Å². The fourth-order valence-corrected chi connectivity index (χ4v) is 6.01. The Balaban J connectivity index is 1.56. The molecule has 0 saturated heterocycles. The Morgan fingerprint density at radius 3 is 2.70 bits per heavy atom. The molecule has 1 amide bonds. The van der Waals surface area contributed by atoms with Crippen LogP contribution in [0.2, 0.25) is 5.02 Å². The number of fused-ring (bicyclic) bond motifs is 1. The van der Waals surface area contributed by atoms with Crippen LogP contribution < -0.4 is 10.6 Å². The smallest absolute Gasteiger partial charge is 0.304 e. The van der Waals surface area contributed by atoms with E-state index in [1.807, 2.05) is 0 Å². The molecule has 0 radical (unpaired) electrons. The molecule has 3 N–H and O–H groups in total. The lowest BCUT2D eigenvalue weighted by molar-refractivity contribution is -0.136. The van der Waals surface area contributed by atoms with E-state index in [1.54, 1.807) is 32.0 Å². The van der Waals surface area contributed by atoms with Gasteiger partial charge in [0.1, 0.15) is 23.5 Å². The number of anilines is 3. The van der Waals surface area contributed by atoms with Crippen molar-refractivity contribution in [3.63, 3.8) is 0 Å². The van der Waals surface area contributed by atoms with Crippen LogP contribution in [0.15, 0.2) is 47.1 Å². The number of carboxylic acids is 1. The van der Waals surface area contributed by atoms with Gasteiger partial charge in [-0.3, -0.25) is 9.59 Å². The molecule has 0 atom stereocenters. The summed E-state index contributed by atoms with van der Waals surface area (Å²) in [6.07, 6.45) is 1.39. The summed E-state index contributed by atoms with van der Waals surface area (Å²) < 4.78 is 16.0. The fourth-order valence-electron chi connectivity index (χ4n) is 3.22. The Kier molecular flexibility index (Phi) is 8.07. The third-order valence-corrected chi connectivity index (χ3v) is 7.89. The quantitative estimate of drug-likeness (QED) is 0.160. The number of carbonyl (C=O) groups excluding carboxylic acids is 1. The molecule has 0 aliphatic carbocycles. The van der Waals surface area contributed by atoms with E-state index in [1.165, 1.54) is 52.3 Å². The van der Waals surface area contributed by atoms with Crippen LogP contribution in [-0.4, -0.2) is 42.5 Å². The average molecular weight is 579 g/mol. The van der Waals surface area contributed by atoms with Gasteiger partial charge in [-0.05, 0) is 62.5 Å². The van der Waals surface area contributed by atoms with E-state index in [9.17, 15) is 14.0 Å². The van der Waals surface area contributed by atoms with Crippen molar-refractivity contribution in [3.05, 3.63) is 57.5 Å². The molecule has 2 aromatic heterocycles. The largest absolute Gasteiger partial charge is 0.481 e. The van der Waals surface area contributed by atoms with E-state index < -0.39 is 17.3 Å². The number of nitrogens with zero attached hydrogens (tertiary/aromatic N) is 4. The number of thioether (sulfide) groups is 1. The number of carbonyl (C=O) groups is 2. The zero-order chi connectivity index (χ0) is 26.7. The lowest BCUT2D eigenvalue weighted by atomic mass is 10.0. The molecule has 0 fully saturated rings. The highest BCUT2D eigenvalue weighted by atomic mass is 35.5. The maximum Gasteiger partial charge on any atom is 0.304 e. The van der Waals surface area contributed by atoms with Crippen molar-refractivity contribution in [1.82, 2.24) is 19.7 Å². The highest BCUT2D eigenvalue weighted by Crippen LogP contribution is 2.30. The van der Waals surface area contributed by atoms with Gasteiger partial charge in [0.05, 0.1) is 17.0 Å². The van der Waals surface area contributed by atoms with E-state index in [0.717, 1.165) is 0 Å². The summed E-state index contributed by atoms with van der Waals surface area (Å²) in [4.78, 5) is 32.6. The predicted octanol–water partition coefficient (Wildman–Crippen LogP) is 6.09. The maximum atomic E-state index is 13.5. The minimum absolute atomic E-state index is 0.00237. The van der Waals surface area contributed by atoms with Crippen LogP contribution in [0.1, 0.15) is 20.3 Å². The van der Waals surface area contributed by atoms with E-state index in [-0.39, 0.29) is 17.4 Å². The lowest BCUT2D eigenvalue weighted by Crippen LogP contribution is -2.41. The summed E-state index contributed by atoms with van der Waals surface area (Å²) in [5.74, 6) is -0.974. The first kappa shape index (κ1) is 26.9. The number of hydrogen-bond donors (Lipinski definition) is 3. The van der Waals surface area contributed by atoms with Gasteiger partial charge in [-0.2, -0.15) is 5.10 Å². The van der Waals surface area contributed by atoms with Gasteiger partial charge >= 0.3 is 5.97 Å². The number of aromatic nitrogens is 4. The predicted molar refractivity (Wildman–Crippen MR) is 146 cm³/mol. The van der Waals surface area contributed by atoms with Crippen molar-refractivity contribution in [2.45, 2.75) is 30.1 Å². The minimum Gasteiger partial charge on any atom is -0.481 e. The van der Waals surface area contributed by atoms with Crippen molar-refractivity contribution < 1.29 is 19.1 Å². The van der Waals surface area contributed by atoms with Gasteiger partial charge in [0, 0.05) is 22.5 Å². The first-order chi connectivity index (χ1) is 17.5. The molecule has 4 rings (SSSR count). The van der Waals surface area contributed by atoms with Gasteiger partial charge in [-0.1, -0.05) is 34.7 Å². The molecule has 0 spiro atoms. The van der Waals surface area contributed by atoms with Gasteiger partial charge in [0.15, 0.2) is 8.29 Å². The topological polar surface area (TPSA) is 122 Å². The van der Waals surface area contributed by atoms with Crippen LogP contribution in [0.5, 0.6) is 0 Å². The first-order valence-electron chi connectivity index (χ1n) is 10.8. The highest BCUT2D eigenvalue weighted by Gasteiger charge is 2.32. The van der Waals surface area contributed by atoms with Gasteiger partial charge < -0.3 is 15.7 Å². The number of hydrogen-bond acceptors (Lipinski definition) is 9.